The Morgan fingerprint density at radius 2 is 2.06 bits per heavy atom. The molecule has 1 N–H and O–H groups in total. The van der Waals surface area contributed by atoms with Crippen molar-refractivity contribution in [3.63, 3.8) is 0 Å². The zero-order chi connectivity index (χ0) is 13.1. The lowest BCUT2D eigenvalue weighted by Crippen LogP contribution is -2.29. The molecule has 98 valence electrons. The summed E-state index contributed by atoms with van der Waals surface area (Å²) in [6.45, 7) is 4.23. The van der Waals surface area contributed by atoms with Crippen LogP contribution in [0.2, 0.25) is 0 Å². The van der Waals surface area contributed by atoms with Crippen molar-refractivity contribution in [1.82, 2.24) is 4.98 Å². The average molecular weight is 240 g/mol. The second kappa shape index (κ2) is 9.87. The van der Waals surface area contributed by atoms with Crippen LogP contribution in [-0.2, 0) is 18.3 Å². The highest BCUT2D eigenvalue weighted by Gasteiger charge is 1.99. The standard InChI is InChI=1S/C7H14O2.C6H10N2/c1-2-3-4-5-6-7(8)9;1-3-6-7-4-5-8(6)2/h2-6H2,1H3,(H,8,9);4-5H,3H2,1-2H3. The molecule has 0 spiro atoms. The summed E-state index contributed by atoms with van der Waals surface area (Å²) in [7, 11) is 2.04. The van der Waals surface area contributed by atoms with Gasteiger partial charge < -0.3 is 9.90 Å². The Hall–Kier alpha value is -1.32. The van der Waals surface area contributed by atoms with Crippen molar-refractivity contribution >= 4 is 5.97 Å². The molecule has 0 saturated carbocycles. The zero-order valence-electron chi connectivity index (χ0n) is 11.2. The molecule has 0 aliphatic rings. The molecule has 0 saturated heterocycles. The first-order valence-corrected chi connectivity index (χ1v) is 6.33. The SMILES string of the molecule is CCCCCCC(=O)[O-].CCc1[nH]cc[n+]1C. The summed E-state index contributed by atoms with van der Waals surface area (Å²) >= 11 is 0. The fourth-order valence-electron chi connectivity index (χ4n) is 1.48. The Bertz CT molecular complexity index is 308. The number of imidazole rings is 1. The smallest absolute Gasteiger partial charge is 0.253 e. The molecule has 1 rings (SSSR count). The number of carbonyl (C=O) groups excluding carboxylic acids is 1. The number of carbonyl (C=O) groups is 1. The van der Waals surface area contributed by atoms with Gasteiger partial charge in [-0.1, -0.05) is 33.1 Å². The number of hydrogen-bond donors (Lipinski definition) is 1. The fraction of sp³-hybridized carbons (Fsp3) is 0.692. The van der Waals surface area contributed by atoms with E-state index in [0.29, 0.717) is 0 Å². The maximum Gasteiger partial charge on any atom is 0.253 e. The summed E-state index contributed by atoms with van der Waals surface area (Å²) < 4.78 is 2.08. The van der Waals surface area contributed by atoms with Crippen LogP contribution in [0.5, 0.6) is 0 Å². The zero-order valence-corrected chi connectivity index (χ0v) is 11.2. The molecule has 0 atom stereocenters. The lowest BCUT2D eigenvalue weighted by molar-refractivity contribution is -0.677. The van der Waals surface area contributed by atoms with Crippen LogP contribution in [0.4, 0.5) is 0 Å². The second-order valence-corrected chi connectivity index (χ2v) is 4.05. The number of aliphatic carboxylic acids is 1. The first-order chi connectivity index (χ1) is 8.11. The highest BCUT2D eigenvalue weighted by molar-refractivity contribution is 5.63. The maximum atomic E-state index is 9.85. The molecule has 4 heteroatoms. The average Bonchev–Trinajstić information content (AvgIpc) is 2.71. The van der Waals surface area contributed by atoms with Crippen LogP contribution in [0.25, 0.3) is 0 Å². The molecule has 0 aliphatic heterocycles. The van der Waals surface area contributed by atoms with E-state index in [1.807, 2.05) is 19.4 Å². The number of aromatic nitrogens is 2. The van der Waals surface area contributed by atoms with Crippen LogP contribution in [-0.4, -0.2) is 11.0 Å². The maximum absolute atomic E-state index is 9.85. The first-order valence-electron chi connectivity index (χ1n) is 6.33. The molecule has 17 heavy (non-hydrogen) atoms. The van der Waals surface area contributed by atoms with E-state index in [1.165, 1.54) is 5.82 Å². The predicted octanol–water partition coefficient (Wildman–Crippen LogP) is 1.11. The molecule has 0 aromatic carbocycles. The Labute approximate surface area is 104 Å². The Morgan fingerprint density at radius 1 is 1.35 bits per heavy atom. The monoisotopic (exact) mass is 240 g/mol. The molecule has 4 nitrogen and oxygen atoms in total. The highest BCUT2D eigenvalue weighted by Crippen LogP contribution is 2.00. The van der Waals surface area contributed by atoms with E-state index in [9.17, 15) is 9.90 Å². The van der Waals surface area contributed by atoms with E-state index in [-0.39, 0.29) is 6.42 Å². The van der Waals surface area contributed by atoms with Crippen molar-refractivity contribution in [2.75, 3.05) is 0 Å². The molecule has 0 amide bonds. The molecule has 0 fully saturated rings. The molecule has 0 unspecified atom stereocenters. The van der Waals surface area contributed by atoms with Gasteiger partial charge in [0.15, 0.2) is 0 Å². The van der Waals surface area contributed by atoms with Crippen LogP contribution in [0, 0.1) is 0 Å². The fourth-order valence-corrected chi connectivity index (χ4v) is 1.48. The van der Waals surface area contributed by atoms with E-state index in [0.717, 1.165) is 32.1 Å². The van der Waals surface area contributed by atoms with Gasteiger partial charge >= 0.3 is 0 Å². The molecule has 1 aromatic rings. The van der Waals surface area contributed by atoms with E-state index < -0.39 is 5.97 Å². The lowest BCUT2D eigenvalue weighted by Gasteiger charge is -1.99. The van der Waals surface area contributed by atoms with Crippen LogP contribution < -0.4 is 9.67 Å². The minimum Gasteiger partial charge on any atom is -0.550 e. The first kappa shape index (κ1) is 15.7. The Kier molecular flexibility index (Phi) is 9.11. The number of aryl methyl sites for hydroxylation is 2. The van der Waals surface area contributed by atoms with E-state index in [4.69, 9.17) is 0 Å². The molecule has 0 bridgehead atoms. The summed E-state index contributed by atoms with van der Waals surface area (Å²) in [5.74, 6) is 0.344. The third-order valence-corrected chi connectivity index (χ3v) is 2.54. The summed E-state index contributed by atoms with van der Waals surface area (Å²) in [6, 6.07) is 0. The second-order valence-electron chi connectivity index (χ2n) is 4.05. The van der Waals surface area contributed by atoms with Crippen LogP contribution in [0.1, 0.15) is 51.8 Å². The number of unbranched alkanes of at least 4 members (excludes halogenated alkanes) is 3. The molecular weight excluding hydrogens is 216 g/mol. The van der Waals surface area contributed by atoms with Crippen molar-refractivity contribution in [2.45, 2.75) is 52.4 Å². The Morgan fingerprint density at radius 3 is 2.41 bits per heavy atom. The number of carboxylic acid groups (broad SMARTS) is 1. The molecule has 0 radical (unpaired) electrons. The van der Waals surface area contributed by atoms with Crippen LogP contribution in [0.3, 0.4) is 0 Å². The van der Waals surface area contributed by atoms with Crippen LogP contribution in [0.15, 0.2) is 12.4 Å². The van der Waals surface area contributed by atoms with Gasteiger partial charge in [-0.25, -0.2) is 9.55 Å². The van der Waals surface area contributed by atoms with Crippen molar-refractivity contribution in [3.8, 4) is 0 Å². The van der Waals surface area contributed by atoms with Crippen LogP contribution >= 0.6 is 0 Å². The number of nitrogens with zero attached hydrogens (tertiary/aromatic N) is 1. The van der Waals surface area contributed by atoms with Crippen molar-refractivity contribution in [1.29, 1.82) is 0 Å². The highest BCUT2D eigenvalue weighted by atomic mass is 16.4. The van der Waals surface area contributed by atoms with E-state index in [2.05, 4.69) is 23.4 Å². The minimum absolute atomic E-state index is 0.222. The topological polar surface area (TPSA) is 59.8 Å². The summed E-state index contributed by atoms with van der Waals surface area (Å²) in [6.07, 6.45) is 9.32. The number of nitrogens with one attached hydrogen (secondary N) is 1. The number of H-pyrrole nitrogens is 1. The van der Waals surface area contributed by atoms with Gasteiger partial charge in [0.25, 0.3) is 5.82 Å². The lowest BCUT2D eigenvalue weighted by atomic mass is 10.2. The number of rotatable bonds is 6. The number of aromatic amines is 1. The van der Waals surface area contributed by atoms with Gasteiger partial charge in [0.05, 0.1) is 7.05 Å². The van der Waals surface area contributed by atoms with Gasteiger partial charge in [0, 0.05) is 12.4 Å². The number of carboxylic acids is 1. The van der Waals surface area contributed by atoms with Gasteiger partial charge in [-0.15, -0.1) is 0 Å². The third kappa shape index (κ3) is 8.48. The minimum atomic E-state index is -0.925. The van der Waals surface area contributed by atoms with Crippen molar-refractivity contribution in [2.24, 2.45) is 7.05 Å². The van der Waals surface area contributed by atoms with Crippen molar-refractivity contribution in [3.05, 3.63) is 18.2 Å². The molecular formula is C13H24N2O2. The third-order valence-electron chi connectivity index (χ3n) is 2.54. The van der Waals surface area contributed by atoms with E-state index >= 15 is 0 Å². The largest absolute Gasteiger partial charge is 0.550 e. The van der Waals surface area contributed by atoms with Gasteiger partial charge in [0.1, 0.15) is 12.4 Å². The van der Waals surface area contributed by atoms with Gasteiger partial charge in [-0.3, -0.25) is 0 Å². The molecule has 0 aliphatic carbocycles. The summed E-state index contributed by atoms with van der Waals surface area (Å²) in [4.78, 5) is 13.0. The molecule has 1 aromatic heterocycles. The van der Waals surface area contributed by atoms with E-state index in [1.54, 1.807) is 0 Å². The normalized spacial score (nSPS) is 9.59. The predicted molar refractivity (Wildman–Crippen MR) is 65.1 cm³/mol. The molecule has 1 heterocycles. The Balaban J connectivity index is 0.000000302. The quantitative estimate of drug-likeness (QED) is 0.598. The number of hydrogen-bond acceptors (Lipinski definition) is 2. The van der Waals surface area contributed by atoms with Gasteiger partial charge in [-0.2, -0.15) is 0 Å². The van der Waals surface area contributed by atoms with Gasteiger partial charge in [-0.05, 0) is 12.8 Å². The van der Waals surface area contributed by atoms with Gasteiger partial charge in [0.2, 0.25) is 0 Å². The van der Waals surface area contributed by atoms with Crippen molar-refractivity contribution < 1.29 is 14.5 Å². The summed E-state index contributed by atoms with van der Waals surface area (Å²) in [5.41, 5.74) is 0. The summed E-state index contributed by atoms with van der Waals surface area (Å²) in [5, 5.41) is 9.85.